The van der Waals surface area contributed by atoms with Gasteiger partial charge in [0.2, 0.25) is 0 Å². The van der Waals surface area contributed by atoms with E-state index in [9.17, 15) is 0 Å². The highest BCUT2D eigenvalue weighted by molar-refractivity contribution is 5.16. The molecule has 70 valence electrons. The highest BCUT2D eigenvalue weighted by Gasteiger charge is 2.31. The topological polar surface area (TPSA) is 24.6 Å². The maximum Gasteiger partial charge on any atom is 0.0965 e. The van der Waals surface area contributed by atoms with Crippen LogP contribution >= 0.6 is 0 Å². The molecule has 2 atom stereocenters. The van der Waals surface area contributed by atoms with Gasteiger partial charge >= 0.3 is 0 Å². The first-order valence-electron chi connectivity index (χ1n) is 4.73. The van der Waals surface area contributed by atoms with Crippen LogP contribution in [0, 0.1) is 0 Å². The van der Waals surface area contributed by atoms with Crippen LogP contribution < -0.4 is 5.32 Å². The molecule has 1 fully saturated rings. The van der Waals surface area contributed by atoms with Crippen molar-refractivity contribution >= 4 is 0 Å². The predicted octanol–water partition coefficient (Wildman–Crippen LogP) is 1.22. The molecule has 1 N–H and O–H groups in total. The van der Waals surface area contributed by atoms with E-state index in [1.807, 2.05) is 13.1 Å². The molecule has 2 nitrogen and oxygen atoms in total. The summed E-state index contributed by atoms with van der Waals surface area (Å²) in [5.74, 6) is 0. The number of ether oxygens (including phenoxy) is 1. The first-order chi connectivity index (χ1) is 6.40. The van der Waals surface area contributed by atoms with Crippen LogP contribution in [-0.2, 0) is 11.2 Å². The second-order valence-corrected chi connectivity index (χ2v) is 3.46. The van der Waals surface area contributed by atoms with Crippen LogP contribution in [0.4, 0.5) is 0 Å². The third-order valence-corrected chi connectivity index (χ3v) is 2.48. The Balaban J connectivity index is 1.95. The number of benzene rings is 1. The van der Waals surface area contributed by atoms with Crippen molar-refractivity contribution in [1.29, 1.82) is 0 Å². The highest BCUT2D eigenvalue weighted by atomic mass is 16.6. The quantitative estimate of drug-likeness (QED) is 0.699. The van der Waals surface area contributed by atoms with Gasteiger partial charge in [-0.15, -0.1) is 0 Å². The fraction of sp³-hybridized carbons (Fsp3) is 0.455. The van der Waals surface area contributed by atoms with Crippen LogP contribution in [0.5, 0.6) is 0 Å². The highest BCUT2D eigenvalue weighted by Crippen LogP contribution is 2.17. The fourth-order valence-electron chi connectivity index (χ4n) is 1.58. The maximum atomic E-state index is 5.27. The van der Waals surface area contributed by atoms with Crippen molar-refractivity contribution in [3.05, 3.63) is 35.9 Å². The van der Waals surface area contributed by atoms with Gasteiger partial charge in [-0.05, 0) is 19.0 Å². The summed E-state index contributed by atoms with van der Waals surface area (Å²) in [6.45, 7) is 0.915. The van der Waals surface area contributed by atoms with Crippen LogP contribution in [0.25, 0.3) is 0 Å². The summed E-state index contributed by atoms with van der Waals surface area (Å²) in [6, 6.07) is 11.0. The standard InChI is InChI=1S/C11H15NO/c1-12-10(11-8-13-11)7-9-5-3-2-4-6-9/h2-6,10-12H,7-8H2,1H3/t10-,11+/m0/s1. The van der Waals surface area contributed by atoms with E-state index < -0.39 is 0 Å². The second-order valence-electron chi connectivity index (χ2n) is 3.46. The molecule has 1 saturated heterocycles. The van der Waals surface area contributed by atoms with Gasteiger partial charge in [0, 0.05) is 6.04 Å². The van der Waals surface area contributed by atoms with Gasteiger partial charge in [0.25, 0.3) is 0 Å². The van der Waals surface area contributed by atoms with Crippen molar-refractivity contribution in [1.82, 2.24) is 5.32 Å². The average molecular weight is 177 g/mol. The molecule has 1 aliphatic rings. The molecule has 0 aromatic heterocycles. The molecular weight excluding hydrogens is 162 g/mol. The van der Waals surface area contributed by atoms with Crippen LogP contribution in [0.1, 0.15) is 5.56 Å². The molecular formula is C11H15NO. The van der Waals surface area contributed by atoms with E-state index in [1.54, 1.807) is 0 Å². The largest absolute Gasteiger partial charge is 0.371 e. The van der Waals surface area contributed by atoms with Gasteiger partial charge in [-0.2, -0.15) is 0 Å². The van der Waals surface area contributed by atoms with Crippen LogP contribution in [0.2, 0.25) is 0 Å². The summed E-state index contributed by atoms with van der Waals surface area (Å²) in [4.78, 5) is 0. The van der Waals surface area contributed by atoms with Crippen molar-refractivity contribution in [3.8, 4) is 0 Å². The minimum atomic E-state index is 0.435. The number of rotatable bonds is 4. The van der Waals surface area contributed by atoms with E-state index in [1.165, 1.54) is 5.56 Å². The van der Waals surface area contributed by atoms with Crippen LogP contribution in [-0.4, -0.2) is 25.8 Å². The molecule has 1 aromatic carbocycles. The van der Waals surface area contributed by atoms with E-state index in [-0.39, 0.29) is 0 Å². The first-order valence-corrected chi connectivity index (χ1v) is 4.73. The van der Waals surface area contributed by atoms with Crippen LogP contribution in [0.15, 0.2) is 30.3 Å². The molecule has 0 amide bonds. The van der Waals surface area contributed by atoms with Crippen molar-refractivity contribution in [3.63, 3.8) is 0 Å². The number of epoxide rings is 1. The summed E-state index contributed by atoms with van der Waals surface area (Å²) in [5, 5.41) is 3.29. The van der Waals surface area contributed by atoms with E-state index in [0.717, 1.165) is 13.0 Å². The van der Waals surface area contributed by atoms with E-state index >= 15 is 0 Å². The molecule has 13 heavy (non-hydrogen) atoms. The van der Waals surface area contributed by atoms with E-state index in [2.05, 4.69) is 29.6 Å². The smallest absolute Gasteiger partial charge is 0.0965 e. The second kappa shape index (κ2) is 3.90. The molecule has 1 aromatic rings. The molecule has 0 bridgehead atoms. The maximum absolute atomic E-state index is 5.27. The molecule has 0 saturated carbocycles. The van der Waals surface area contributed by atoms with Crippen molar-refractivity contribution in [2.45, 2.75) is 18.6 Å². The van der Waals surface area contributed by atoms with Crippen molar-refractivity contribution in [2.24, 2.45) is 0 Å². The van der Waals surface area contributed by atoms with Gasteiger partial charge in [-0.1, -0.05) is 30.3 Å². The molecule has 1 aliphatic heterocycles. The minimum Gasteiger partial charge on any atom is -0.371 e. The van der Waals surface area contributed by atoms with Gasteiger partial charge in [0.1, 0.15) is 0 Å². The average Bonchev–Trinajstić information content (AvgIpc) is 2.99. The van der Waals surface area contributed by atoms with Crippen molar-refractivity contribution < 1.29 is 4.74 Å². The van der Waals surface area contributed by atoms with E-state index in [4.69, 9.17) is 4.74 Å². The van der Waals surface area contributed by atoms with Gasteiger partial charge < -0.3 is 10.1 Å². The van der Waals surface area contributed by atoms with Gasteiger partial charge in [-0.3, -0.25) is 0 Å². The Morgan fingerprint density at radius 2 is 2.15 bits per heavy atom. The Morgan fingerprint density at radius 3 is 2.69 bits per heavy atom. The zero-order chi connectivity index (χ0) is 9.10. The Labute approximate surface area is 78.9 Å². The third-order valence-electron chi connectivity index (χ3n) is 2.48. The molecule has 0 unspecified atom stereocenters. The van der Waals surface area contributed by atoms with E-state index in [0.29, 0.717) is 12.1 Å². The van der Waals surface area contributed by atoms with Gasteiger partial charge in [-0.25, -0.2) is 0 Å². The zero-order valence-electron chi connectivity index (χ0n) is 7.86. The predicted molar refractivity (Wildman–Crippen MR) is 52.7 cm³/mol. The lowest BCUT2D eigenvalue weighted by atomic mass is 10.0. The Kier molecular flexibility index (Phi) is 2.62. The lowest BCUT2D eigenvalue weighted by Crippen LogP contribution is -2.32. The third kappa shape index (κ3) is 2.29. The summed E-state index contributed by atoms with van der Waals surface area (Å²) in [7, 11) is 2.00. The Morgan fingerprint density at radius 1 is 1.46 bits per heavy atom. The first kappa shape index (κ1) is 8.73. The monoisotopic (exact) mass is 177 g/mol. The number of likely N-dealkylation sites (N-methyl/N-ethyl adjacent to an activating group) is 1. The molecule has 0 aliphatic carbocycles. The van der Waals surface area contributed by atoms with Gasteiger partial charge in [0.05, 0.1) is 12.7 Å². The number of nitrogens with one attached hydrogen (secondary N) is 1. The molecule has 0 spiro atoms. The van der Waals surface area contributed by atoms with Crippen LogP contribution in [0.3, 0.4) is 0 Å². The molecule has 1 heterocycles. The zero-order valence-corrected chi connectivity index (χ0v) is 7.86. The summed E-state index contributed by atoms with van der Waals surface area (Å²) < 4.78 is 5.27. The lowest BCUT2D eigenvalue weighted by Gasteiger charge is -2.12. The van der Waals surface area contributed by atoms with Gasteiger partial charge in [0.15, 0.2) is 0 Å². The number of hydrogen-bond acceptors (Lipinski definition) is 2. The molecule has 0 radical (unpaired) electrons. The molecule has 2 heteroatoms. The fourth-order valence-corrected chi connectivity index (χ4v) is 1.58. The summed E-state index contributed by atoms with van der Waals surface area (Å²) in [5.41, 5.74) is 1.37. The Hall–Kier alpha value is -0.860. The summed E-state index contributed by atoms with van der Waals surface area (Å²) >= 11 is 0. The van der Waals surface area contributed by atoms with Crippen molar-refractivity contribution in [2.75, 3.05) is 13.7 Å². The molecule has 2 rings (SSSR count). The normalized spacial score (nSPS) is 22.7. The number of hydrogen-bond donors (Lipinski definition) is 1. The Bertz CT molecular complexity index is 256. The minimum absolute atomic E-state index is 0.435. The SMILES string of the molecule is CN[C@@H](Cc1ccccc1)[C@H]1CO1. The summed E-state index contributed by atoms with van der Waals surface area (Å²) in [6.07, 6.45) is 1.49. The lowest BCUT2D eigenvalue weighted by molar-refractivity contribution is 0.349.